The van der Waals surface area contributed by atoms with E-state index in [2.05, 4.69) is 64.4 Å². The van der Waals surface area contributed by atoms with Crippen LogP contribution in [0.2, 0.25) is 5.02 Å². The summed E-state index contributed by atoms with van der Waals surface area (Å²) in [5.41, 5.74) is 5.59. The number of carbonyl (C=O) groups excluding carboxylic acids is 1. The second-order valence-corrected chi connectivity index (χ2v) is 11.0. The molecule has 210 valence electrons. The summed E-state index contributed by atoms with van der Waals surface area (Å²) < 4.78 is 0. The summed E-state index contributed by atoms with van der Waals surface area (Å²) in [5.74, 6) is -0.448. The third-order valence-corrected chi connectivity index (χ3v) is 8.00. The van der Waals surface area contributed by atoms with Gasteiger partial charge in [-0.2, -0.15) is 0 Å². The number of halogens is 1. The molecular formula is C35H36ClN3O2. The maximum atomic E-state index is 12.5. The van der Waals surface area contributed by atoms with Gasteiger partial charge in [0.15, 0.2) is 0 Å². The van der Waals surface area contributed by atoms with E-state index in [-0.39, 0.29) is 6.04 Å². The van der Waals surface area contributed by atoms with Gasteiger partial charge in [-0.1, -0.05) is 109 Å². The lowest BCUT2D eigenvalue weighted by Gasteiger charge is -2.40. The van der Waals surface area contributed by atoms with Crippen molar-refractivity contribution in [3.05, 3.63) is 148 Å². The van der Waals surface area contributed by atoms with Crippen LogP contribution in [0.25, 0.3) is 6.08 Å². The molecule has 5 rings (SSSR count). The maximum absolute atomic E-state index is 12.5. The lowest BCUT2D eigenvalue weighted by Crippen LogP contribution is -2.47. The van der Waals surface area contributed by atoms with Crippen molar-refractivity contribution >= 4 is 23.6 Å². The smallest absolute Gasteiger partial charge is 0.270 e. The van der Waals surface area contributed by atoms with Gasteiger partial charge in [0, 0.05) is 43.8 Å². The molecule has 1 aliphatic rings. The predicted molar refractivity (Wildman–Crippen MR) is 166 cm³/mol. The van der Waals surface area contributed by atoms with Gasteiger partial charge in [-0.05, 0) is 52.9 Å². The lowest BCUT2D eigenvalue weighted by atomic mass is 9.96. The van der Waals surface area contributed by atoms with Crippen molar-refractivity contribution in [1.82, 2.24) is 14.9 Å². The molecule has 0 saturated carbocycles. The maximum Gasteiger partial charge on any atom is 0.270 e. The first-order valence-corrected chi connectivity index (χ1v) is 14.5. The Balaban J connectivity index is 1.15. The minimum Gasteiger partial charge on any atom is -0.297 e. The molecule has 1 amide bonds. The first-order valence-electron chi connectivity index (χ1n) is 14.1. The zero-order valence-electron chi connectivity index (χ0n) is 23.3. The Morgan fingerprint density at radius 2 is 1.37 bits per heavy atom. The van der Waals surface area contributed by atoms with Crippen LogP contribution in [-0.2, 0) is 11.3 Å². The first-order chi connectivity index (χ1) is 20.0. The van der Waals surface area contributed by atoms with Gasteiger partial charge in [0.1, 0.15) is 0 Å². The fraction of sp³-hybridized carbons (Fsp3) is 0.229. The van der Waals surface area contributed by atoms with Crippen LogP contribution >= 0.6 is 11.6 Å². The Bertz CT molecular complexity index is 1420. The number of benzene rings is 4. The second kappa shape index (κ2) is 13.7. The van der Waals surface area contributed by atoms with Crippen LogP contribution < -0.4 is 0 Å². The highest BCUT2D eigenvalue weighted by Crippen LogP contribution is 2.30. The van der Waals surface area contributed by atoms with Gasteiger partial charge >= 0.3 is 0 Å². The molecule has 0 spiro atoms. The molecule has 0 aromatic heterocycles. The number of rotatable bonds is 9. The molecular weight excluding hydrogens is 530 g/mol. The summed E-state index contributed by atoms with van der Waals surface area (Å²) in [6.07, 6.45) is 3.16. The third-order valence-electron chi connectivity index (χ3n) is 7.75. The van der Waals surface area contributed by atoms with Crippen molar-refractivity contribution in [3.8, 4) is 0 Å². The van der Waals surface area contributed by atoms with E-state index in [9.17, 15) is 10.0 Å². The van der Waals surface area contributed by atoms with Crippen molar-refractivity contribution in [3.63, 3.8) is 0 Å². The molecule has 1 N–H and O–H groups in total. The number of carbonyl (C=O) groups is 1. The van der Waals surface area contributed by atoms with Crippen molar-refractivity contribution in [1.29, 1.82) is 0 Å². The highest BCUT2D eigenvalue weighted by Gasteiger charge is 2.26. The van der Waals surface area contributed by atoms with Gasteiger partial charge in [-0.15, -0.1) is 0 Å². The molecule has 2 unspecified atom stereocenters. The van der Waals surface area contributed by atoms with E-state index in [1.807, 2.05) is 54.6 Å². The Morgan fingerprint density at radius 3 is 1.98 bits per heavy atom. The van der Waals surface area contributed by atoms with Crippen molar-refractivity contribution in [2.45, 2.75) is 25.6 Å². The normalized spacial score (nSPS) is 16.0. The monoisotopic (exact) mass is 565 g/mol. The van der Waals surface area contributed by atoms with E-state index in [1.54, 1.807) is 13.0 Å². The summed E-state index contributed by atoms with van der Waals surface area (Å²) in [6, 6.07) is 36.4. The standard InChI is InChI=1S/C35H36ClN3O2/c1-27(30-8-4-2-5-9-30)39(41)34(40)21-16-28-12-14-29(15-13-28)26-37-22-24-38(25-23-37)35(31-10-6-3-7-11-31)32-17-19-33(36)20-18-32/h2-21,27,35,41H,22-26H2,1H3/b21-16+. The van der Waals surface area contributed by atoms with Crippen molar-refractivity contribution in [2.24, 2.45) is 0 Å². The van der Waals surface area contributed by atoms with Crippen molar-refractivity contribution < 1.29 is 10.0 Å². The largest absolute Gasteiger partial charge is 0.297 e. The zero-order valence-corrected chi connectivity index (χ0v) is 24.1. The van der Waals surface area contributed by atoms with E-state index < -0.39 is 11.9 Å². The minimum atomic E-state index is -0.448. The molecule has 0 aliphatic carbocycles. The second-order valence-electron chi connectivity index (χ2n) is 10.5. The fourth-order valence-electron chi connectivity index (χ4n) is 5.37. The van der Waals surface area contributed by atoms with Gasteiger partial charge < -0.3 is 0 Å². The van der Waals surface area contributed by atoms with Gasteiger partial charge in [0.05, 0.1) is 12.1 Å². The predicted octanol–water partition coefficient (Wildman–Crippen LogP) is 7.24. The van der Waals surface area contributed by atoms with E-state index in [0.29, 0.717) is 0 Å². The number of piperazine rings is 1. The summed E-state index contributed by atoms with van der Waals surface area (Å²) >= 11 is 6.18. The molecule has 2 atom stereocenters. The summed E-state index contributed by atoms with van der Waals surface area (Å²) in [4.78, 5) is 17.6. The van der Waals surface area contributed by atoms with Crippen LogP contribution in [0.15, 0.2) is 115 Å². The molecule has 1 heterocycles. The molecule has 0 radical (unpaired) electrons. The van der Waals surface area contributed by atoms with Crippen LogP contribution in [-0.4, -0.2) is 52.2 Å². The van der Waals surface area contributed by atoms with Crippen LogP contribution in [0.3, 0.4) is 0 Å². The van der Waals surface area contributed by atoms with E-state index in [4.69, 9.17) is 11.6 Å². The minimum absolute atomic E-state index is 0.204. The molecule has 1 aliphatic heterocycles. The van der Waals surface area contributed by atoms with Gasteiger partial charge in [0.25, 0.3) is 5.91 Å². The van der Waals surface area contributed by atoms with Crippen molar-refractivity contribution in [2.75, 3.05) is 26.2 Å². The quantitative estimate of drug-likeness (QED) is 0.132. The van der Waals surface area contributed by atoms with Gasteiger partial charge in [-0.3, -0.25) is 19.8 Å². The SMILES string of the molecule is CC(c1ccccc1)N(O)C(=O)/C=C/c1ccc(CN2CCN(C(c3ccccc3)c3ccc(Cl)cc3)CC2)cc1. The van der Waals surface area contributed by atoms with E-state index >= 15 is 0 Å². The zero-order chi connectivity index (χ0) is 28.6. The van der Waals surface area contributed by atoms with Crippen LogP contribution in [0.5, 0.6) is 0 Å². The molecule has 6 heteroatoms. The Labute approximate surface area is 247 Å². The Morgan fingerprint density at radius 1 is 0.805 bits per heavy atom. The first kappa shape index (κ1) is 28.8. The van der Waals surface area contributed by atoms with Crippen LogP contribution in [0.1, 0.15) is 46.8 Å². The highest BCUT2D eigenvalue weighted by molar-refractivity contribution is 6.30. The number of amides is 1. The van der Waals surface area contributed by atoms with Gasteiger partial charge in [0.2, 0.25) is 0 Å². The number of hydrogen-bond donors (Lipinski definition) is 1. The molecule has 4 aromatic carbocycles. The van der Waals surface area contributed by atoms with E-state index in [0.717, 1.165) is 53.9 Å². The topological polar surface area (TPSA) is 47.0 Å². The average Bonchev–Trinajstić information content (AvgIpc) is 3.02. The highest BCUT2D eigenvalue weighted by atomic mass is 35.5. The fourth-order valence-corrected chi connectivity index (χ4v) is 5.50. The lowest BCUT2D eigenvalue weighted by molar-refractivity contribution is -0.169. The molecule has 4 aromatic rings. The molecule has 0 bridgehead atoms. The Hall–Kier alpha value is -3.74. The average molecular weight is 566 g/mol. The molecule has 1 saturated heterocycles. The number of hydrogen-bond acceptors (Lipinski definition) is 4. The molecule has 41 heavy (non-hydrogen) atoms. The Kier molecular flexibility index (Phi) is 9.65. The van der Waals surface area contributed by atoms with Crippen LogP contribution in [0, 0.1) is 0 Å². The third kappa shape index (κ3) is 7.51. The van der Waals surface area contributed by atoms with Gasteiger partial charge in [-0.25, -0.2) is 5.06 Å². The number of hydroxylamine groups is 2. The summed E-state index contributed by atoms with van der Waals surface area (Å²) in [6.45, 7) is 6.61. The molecule has 1 fully saturated rings. The molecule has 5 nitrogen and oxygen atoms in total. The van der Waals surface area contributed by atoms with E-state index in [1.165, 1.54) is 22.8 Å². The van der Waals surface area contributed by atoms with Crippen LogP contribution in [0.4, 0.5) is 0 Å². The number of nitrogens with zero attached hydrogens (tertiary/aromatic N) is 3. The summed E-state index contributed by atoms with van der Waals surface area (Å²) in [7, 11) is 0. The summed E-state index contributed by atoms with van der Waals surface area (Å²) in [5, 5.41) is 11.9.